The van der Waals surface area contributed by atoms with Crippen LogP contribution in [0.5, 0.6) is 0 Å². The Morgan fingerprint density at radius 3 is 2.23 bits per heavy atom. The van der Waals surface area contributed by atoms with Gasteiger partial charge in [-0.25, -0.2) is 0 Å². The van der Waals surface area contributed by atoms with Crippen molar-refractivity contribution in [1.82, 2.24) is 10.2 Å². The first kappa shape index (κ1) is 32.7. The SMILES string of the molecule is CC[C@H]1OC(=O)[C@H](C)[C@H]2OC3(CCNCC3)O[C@](C)(C[C@@H](C)CN(C)[C@H](C)[C@@H](O)[C@]1(C)O)[C@H](C(C)(C)C)[C@H]2C. The average molecular weight is 555 g/mol. The number of piperidine rings is 1. The van der Waals surface area contributed by atoms with E-state index >= 15 is 0 Å². The molecule has 2 bridgehead atoms. The van der Waals surface area contributed by atoms with E-state index in [1.807, 2.05) is 27.8 Å². The van der Waals surface area contributed by atoms with E-state index < -0.39 is 47.2 Å². The lowest BCUT2D eigenvalue weighted by Crippen LogP contribution is -2.59. The molecule has 0 aromatic carbocycles. The van der Waals surface area contributed by atoms with Crippen molar-refractivity contribution in [2.75, 3.05) is 26.7 Å². The Bertz CT molecular complexity index is 837. The average Bonchev–Trinajstić information content (AvgIpc) is 2.91. The second-order valence-corrected chi connectivity index (χ2v) is 14.6. The summed E-state index contributed by atoms with van der Waals surface area (Å²) >= 11 is 0. The number of rotatable bonds is 1. The summed E-state index contributed by atoms with van der Waals surface area (Å²) in [5.41, 5.74) is -2.23. The van der Waals surface area contributed by atoms with Crippen LogP contribution in [0.15, 0.2) is 0 Å². The Hall–Kier alpha value is -0.770. The van der Waals surface area contributed by atoms with Crippen LogP contribution in [0.3, 0.4) is 0 Å². The summed E-state index contributed by atoms with van der Waals surface area (Å²) in [4.78, 5) is 15.9. The Morgan fingerprint density at radius 2 is 1.69 bits per heavy atom. The van der Waals surface area contributed by atoms with Gasteiger partial charge in [-0.2, -0.15) is 0 Å². The van der Waals surface area contributed by atoms with Gasteiger partial charge in [-0.1, -0.05) is 41.5 Å². The maximum absolute atomic E-state index is 13.8. The fourth-order valence-electron chi connectivity index (χ4n) is 8.40. The number of carbonyl (C=O) groups is 1. The highest BCUT2D eigenvalue weighted by molar-refractivity contribution is 5.73. The smallest absolute Gasteiger partial charge is 0.311 e. The number of fused-ring (bicyclic) bond motifs is 3. The van der Waals surface area contributed by atoms with Crippen molar-refractivity contribution in [2.45, 2.75) is 136 Å². The molecule has 8 nitrogen and oxygen atoms in total. The van der Waals surface area contributed by atoms with Gasteiger partial charge in [0.2, 0.25) is 0 Å². The van der Waals surface area contributed by atoms with E-state index in [1.54, 1.807) is 6.92 Å². The van der Waals surface area contributed by atoms with Gasteiger partial charge in [0.25, 0.3) is 0 Å². The molecule has 0 aromatic heterocycles. The highest BCUT2D eigenvalue weighted by Gasteiger charge is 2.58. The molecule has 3 rings (SSSR count). The minimum Gasteiger partial charge on any atom is -0.459 e. The number of nitrogens with one attached hydrogen (secondary N) is 1. The normalized spacial score (nSPS) is 45.3. The summed E-state index contributed by atoms with van der Waals surface area (Å²) in [6.45, 7) is 23.1. The van der Waals surface area contributed by atoms with Gasteiger partial charge in [-0.05, 0) is 70.8 Å². The van der Waals surface area contributed by atoms with E-state index in [0.29, 0.717) is 19.3 Å². The topological polar surface area (TPSA) is 100 Å². The number of carbonyl (C=O) groups excluding carboxylic acids is 1. The predicted octanol–water partition coefficient (Wildman–Crippen LogP) is 3.97. The van der Waals surface area contributed by atoms with Crippen LogP contribution in [0.4, 0.5) is 0 Å². The summed E-state index contributed by atoms with van der Waals surface area (Å²) in [6.07, 6.45) is 0.255. The molecule has 3 heterocycles. The van der Waals surface area contributed by atoms with Crippen molar-refractivity contribution in [1.29, 1.82) is 0 Å². The maximum atomic E-state index is 13.8. The molecule has 8 heteroatoms. The molecule has 3 fully saturated rings. The van der Waals surface area contributed by atoms with Crippen molar-refractivity contribution < 1.29 is 29.2 Å². The number of aliphatic hydroxyl groups excluding tert-OH is 1. The first-order valence-electron chi connectivity index (χ1n) is 15.3. The maximum Gasteiger partial charge on any atom is 0.311 e. The molecule has 3 saturated heterocycles. The number of ether oxygens (including phenoxy) is 3. The molecule has 0 amide bonds. The summed E-state index contributed by atoms with van der Waals surface area (Å²) in [5.74, 6) is -1.41. The zero-order valence-electron chi connectivity index (χ0n) is 26.5. The van der Waals surface area contributed by atoms with Gasteiger partial charge in [0.15, 0.2) is 5.79 Å². The number of aliphatic hydroxyl groups is 2. The van der Waals surface area contributed by atoms with Crippen LogP contribution in [0.25, 0.3) is 0 Å². The third-order valence-electron chi connectivity index (χ3n) is 10.0. The van der Waals surface area contributed by atoms with E-state index in [1.165, 1.54) is 0 Å². The van der Waals surface area contributed by atoms with Crippen molar-refractivity contribution in [3.05, 3.63) is 0 Å². The molecule has 228 valence electrons. The van der Waals surface area contributed by atoms with E-state index in [9.17, 15) is 15.0 Å². The second kappa shape index (κ2) is 11.8. The Labute approximate surface area is 237 Å². The molecular formula is C31H58N2O6. The third-order valence-corrected chi connectivity index (χ3v) is 10.0. The number of esters is 1. The minimum absolute atomic E-state index is 0.00645. The molecule has 0 aromatic rings. The molecule has 0 aliphatic carbocycles. The summed E-state index contributed by atoms with van der Waals surface area (Å²) in [6, 6.07) is -0.345. The van der Waals surface area contributed by atoms with Crippen LogP contribution >= 0.6 is 0 Å². The third kappa shape index (κ3) is 6.67. The zero-order chi connectivity index (χ0) is 29.6. The highest BCUT2D eigenvalue weighted by Crippen LogP contribution is 2.53. The summed E-state index contributed by atoms with van der Waals surface area (Å²) in [5, 5.41) is 26.3. The summed E-state index contributed by atoms with van der Waals surface area (Å²) < 4.78 is 20.3. The Kier molecular flexibility index (Phi) is 9.94. The van der Waals surface area contributed by atoms with Crippen LogP contribution < -0.4 is 5.32 Å². The summed E-state index contributed by atoms with van der Waals surface area (Å²) in [7, 11) is 1.99. The van der Waals surface area contributed by atoms with Gasteiger partial charge in [-0.3, -0.25) is 4.79 Å². The Morgan fingerprint density at radius 1 is 1.10 bits per heavy atom. The van der Waals surface area contributed by atoms with Crippen molar-refractivity contribution >= 4 is 5.97 Å². The lowest BCUT2D eigenvalue weighted by atomic mass is 9.61. The number of hydrogen-bond donors (Lipinski definition) is 3. The molecule has 0 radical (unpaired) electrons. The minimum atomic E-state index is -1.61. The van der Waals surface area contributed by atoms with Gasteiger partial charge in [0, 0.05) is 38.5 Å². The van der Waals surface area contributed by atoms with Crippen molar-refractivity contribution in [2.24, 2.45) is 29.1 Å². The van der Waals surface area contributed by atoms with Crippen LogP contribution in [0.2, 0.25) is 0 Å². The standard InChI is InChI=1S/C31H58N2O6/c1-12-23-30(10,36)26(34)22(5)33(11)18-19(2)17-29(9)25(28(6,7)8)20(3)24(21(4)27(35)37-23)38-31(39-29)13-15-32-16-14-31/h19-26,32,34,36H,12-18H2,1-11H3/t19-,20+,21-,22-,23-,24+,25+,26-,29-,30-/m1/s1. The predicted molar refractivity (Wildman–Crippen MR) is 153 cm³/mol. The van der Waals surface area contributed by atoms with Crippen LogP contribution in [0, 0.1) is 29.1 Å². The van der Waals surface area contributed by atoms with Crippen molar-refractivity contribution in [3.8, 4) is 0 Å². The molecule has 3 aliphatic heterocycles. The molecule has 3 aliphatic rings. The number of hydrogen-bond acceptors (Lipinski definition) is 8. The van der Waals surface area contributed by atoms with Crippen LogP contribution in [-0.4, -0.2) is 89.1 Å². The fraction of sp³-hybridized carbons (Fsp3) is 0.968. The highest BCUT2D eigenvalue weighted by atomic mass is 16.7. The quantitative estimate of drug-likeness (QED) is 0.419. The Balaban J connectivity index is 2.19. The second-order valence-electron chi connectivity index (χ2n) is 14.6. The first-order valence-corrected chi connectivity index (χ1v) is 15.3. The molecule has 3 N–H and O–H groups in total. The van der Waals surface area contributed by atoms with Gasteiger partial charge in [0.1, 0.15) is 17.8 Å². The number of cyclic esters (lactones) is 1. The van der Waals surface area contributed by atoms with E-state index in [4.69, 9.17) is 14.2 Å². The molecule has 0 unspecified atom stereocenters. The first-order chi connectivity index (χ1) is 17.9. The van der Waals surface area contributed by atoms with Gasteiger partial charge in [0.05, 0.1) is 17.6 Å². The largest absolute Gasteiger partial charge is 0.459 e. The van der Waals surface area contributed by atoms with Crippen LogP contribution in [-0.2, 0) is 19.0 Å². The van der Waals surface area contributed by atoms with Gasteiger partial charge >= 0.3 is 5.97 Å². The zero-order valence-corrected chi connectivity index (χ0v) is 26.5. The van der Waals surface area contributed by atoms with Gasteiger partial charge < -0.3 is 34.6 Å². The molecule has 0 saturated carbocycles. The molecule has 10 atom stereocenters. The molecular weight excluding hydrogens is 496 g/mol. The number of nitrogens with zero attached hydrogens (tertiary/aromatic N) is 1. The number of likely N-dealkylation sites (N-methyl/N-ethyl adjacent to an activating group) is 1. The molecule has 39 heavy (non-hydrogen) atoms. The molecule has 1 spiro atoms. The fourth-order valence-corrected chi connectivity index (χ4v) is 8.40. The van der Waals surface area contributed by atoms with Crippen molar-refractivity contribution in [3.63, 3.8) is 0 Å². The van der Waals surface area contributed by atoms with Gasteiger partial charge in [-0.15, -0.1) is 0 Å². The van der Waals surface area contributed by atoms with E-state index in [2.05, 4.69) is 51.8 Å². The monoisotopic (exact) mass is 554 g/mol. The van der Waals surface area contributed by atoms with Crippen LogP contribution in [0.1, 0.15) is 94.9 Å². The van der Waals surface area contributed by atoms with E-state index in [0.717, 1.165) is 26.1 Å². The lowest BCUT2D eigenvalue weighted by molar-refractivity contribution is -0.309. The van der Waals surface area contributed by atoms with E-state index in [-0.39, 0.29) is 29.2 Å². The lowest BCUT2D eigenvalue weighted by Gasteiger charge is -2.50.